The maximum Gasteiger partial charge on any atom is 0.322 e. The molecule has 1 amide bonds. The molecule has 0 bridgehead atoms. The Balaban J connectivity index is 1.56. The number of carbonyl (C=O) groups is 2. The van der Waals surface area contributed by atoms with E-state index in [9.17, 15) is 9.59 Å². The lowest BCUT2D eigenvalue weighted by molar-refractivity contribution is -0.116. The molecule has 0 unspecified atom stereocenters. The molecule has 1 aromatic carbocycles. The highest BCUT2D eigenvalue weighted by molar-refractivity contribution is 6.30. The minimum Gasteiger partial charge on any atom is -0.466 e. The van der Waals surface area contributed by atoms with Crippen LogP contribution in [-0.2, 0) is 4.79 Å². The molecule has 7 nitrogen and oxygen atoms in total. The van der Waals surface area contributed by atoms with Gasteiger partial charge < -0.3 is 8.83 Å². The van der Waals surface area contributed by atoms with Crippen LogP contribution in [-0.4, -0.2) is 21.9 Å². The number of amides is 1. The Bertz CT molecular complexity index is 944. The van der Waals surface area contributed by atoms with Crippen molar-refractivity contribution in [3.63, 3.8) is 0 Å². The summed E-state index contributed by atoms with van der Waals surface area (Å²) in [6.07, 6.45) is 0.0670. The van der Waals surface area contributed by atoms with Crippen molar-refractivity contribution in [2.24, 2.45) is 0 Å². The maximum atomic E-state index is 12.1. The number of aromatic nitrogens is 2. The first-order chi connectivity index (χ1) is 12.4. The third-order valence-corrected chi connectivity index (χ3v) is 3.94. The molecule has 0 saturated carbocycles. The molecule has 0 radical (unpaired) electrons. The van der Waals surface area contributed by atoms with Gasteiger partial charge in [-0.15, -0.1) is 5.10 Å². The predicted octanol–water partition coefficient (Wildman–Crippen LogP) is 4.20. The van der Waals surface area contributed by atoms with E-state index in [2.05, 4.69) is 15.5 Å². The van der Waals surface area contributed by atoms with Crippen LogP contribution in [0.3, 0.4) is 0 Å². The van der Waals surface area contributed by atoms with E-state index >= 15 is 0 Å². The van der Waals surface area contributed by atoms with E-state index in [0.717, 1.165) is 5.76 Å². The highest BCUT2D eigenvalue weighted by Gasteiger charge is 2.16. The van der Waals surface area contributed by atoms with Gasteiger partial charge in [-0.05, 0) is 44.2 Å². The largest absolute Gasteiger partial charge is 0.466 e. The average molecular weight is 374 g/mol. The Morgan fingerprint density at radius 2 is 1.81 bits per heavy atom. The average Bonchev–Trinajstić information content (AvgIpc) is 3.19. The van der Waals surface area contributed by atoms with Gasteiger partial charge in [0, 0.05) is 23.4 Å². The van der Waals surface area contributed by atoms with E-state index in [1.54, 1.807) is 37.3 Å². The molecule has 0 saturated heterocycles. The second kappa shape index (κ2) is 7.53. The van der Waals surface area contributed by atoms with Gasteiger partial charge in [0.05, 0.1) is 5.56 Å². The lowest BCUT2D eigenvalue weighted by Crippen LogP contribution is -2.13. The Morgan fingerprint density at radius 3 is 2.46 bits per heavy atom. The summed E-state index contributed by atoms with van der Waals surface area (Å²) in [4.78, 5) is 24.0. The van der Waals surface area contributed by atoms with E-state index in [4.69, 9.17) is 20.4 Å². The topological polar surface area (TPSA) is 98.2 Å². The van der Waals surface area contributed by atoms with Gasteiger partial charge in [0.1, 0.15) is 11.5 Å². The van der Waals surface area contributed by atoms with Crippen LogP contribution in [0.25, 0.3) is 11.5 Å². The van der Waals surface area contributed by atoms with Crippen molar-refractivity contribution in [1.82, 2.24) is 10.2 Å². The zero-order valence-corrected chi connectivity index (χ0v) is 15.0. The second-order valence-electron chi connectivity index (χ2n) is 5.72. The SMILES string of the molecule is Cc1cc(-c2nnc(NC(=O)CCC(=O)c3ccc(Cl)cc3)o2)c(C)o1. The quantitative estimate of drug-likeness (QED) is 0.650. The summed E-state index contributed by atoms with van der Waals surface area (Å²) < 4.78 is 10.8. The van der Waals surface area contributed by atoms with Crippen molar-refractivity contribution in [2.45, 2.75) is 26.7 Å². The fourth-order valence-corrected chi connectivity index (χ4v) is 2.54. The summed E-state index contributed by atoms with van der Waals surface area (Å²) in [6, 6.07) is 8.27. The van der Waals surface area contributed by atoms with E-state index in [1.807, 2.05) is 6.92 Å². The van der Waals surface area contributed by atoms with Crippen molar-refractivity contribution in [3.05, 3.63) is 52.4 Å². The van der Waals surface area contributed by atoms with E-state index in [0.29, 0.717) is 21.9 Å². The van der Waals surface area contributed by atoms with Crippen molar-refractivity contribution in [1.29, 1.82) is 0 Å². The minimum atomic E-state index is -0.386. The number of hydrogen-bond donors (Lipinski definition) is 1. The third kappa shape index (κ3) is 4.18. The van der Waals surface area contributed by atoms with Crippen molar-refractivity contribution in [2.75, 3.05) is 5.32 Å². The number of benzene rings is 1. The molecule has 3 aromatic rings. The molecule has 0 atom stereocenters. The number of nitrogens with one attached hydrogen (secondary N) is 1. The van der Waals surface area contributed by atoms with Crippen LogP contribution >= 0.6 is 11.6 Å². The summed E-state index contributed by atoms with van der Waals surface area (Å²) >= 11 is 5.79. The molecule has 134 valence electrons. The molecule has 2 heterocycles. The van der Waals surface area contributed by atoms with Gasteiger partial charge in [-0.1, -0.05) is 16.7 Å². The fourth-order valence-electron chi connectivity index (χ4n) is 2.41. The summed E-state index contributed by atoms with van der Waals surface area (Å²) in [5, 5.41) is 10.7. The van der Waals surface area contributed by atoms with Gasteiger partial charge in [-0.2, -0.15) is 0 Å². The number of hydrogen-bond acceptors (Lipinski definition) is 6. The Kier molecular flexibility index (Phi) is 5.18. The summed E-state index contributed by atoms with van der Waals surface area (Å²) in [5.74, 6) is 1.10. The first-order valence-electron chi connectivity index (χ1n) is 7.92. The lowest BCUT2D eigenvalue weighted by atomic mass is 10.1. The normalized spacial score (nSPS) is 10.7. The maximum absolute atomic E-state index is 12.1. The Morgan fingerprint density at radius 1 is 1.08 bits per heavy atom. The molecule has 0 spiro atoms. The first-order valence-corrected chi connectivity index (χ1v) is 8.29. The molecule has 0 fully saturated rings. The monoisotopic (exact) mass is 373 g/mol. The van der Waals surface area contributed by atoms with Crippen LogP contribution in [0.5, 0.6) is 0 Å². The van der Waals surface area contributed by atoms with Crippen LogP contribution in [0.15, 0.2) is 39.2 Å². The predicted molar refractivity (Wildman–Crippen MR) is 95.1 cm³/mol. The molecule has 2 aromatic heterocycles. The molecular weight excluding hydrogens is 358 g/mol. The lowest BCUT2D eigenvalue weighted by Gasteiger charge is -2.01. The van der Waals surface area contributed by atoms with Crippen LogP contribution in [0.4, 0.5) is 6.01 Å². The molecule has 0 aliphatic heterocycles. The van der Waals surface area contributed by atoms with E-state index < -0.39 is 0 Å². The summed E-state index contributed by atoms with van der Waals surface area (Å²) in [5.41, 5.74) is 1.18. The molecule has 0 aliphatic rings. The number of rotatable bonds is 6. The standard InChI is InChI=1S/C18H16ClN3O4/c1-10-9-14(11(2)25-10)17-21-22-18(26-17)20-16(24)8-7-15(23)12-3-5-13(19)6-4-12/h3-6,9H,7-8H2,1-2H3,(H,20,22,24). The number of aryl methyl sites for hydroxylation is 2. The van der Waals surface area contributed by atoms with Crippen LogP contribution in [0.2, 0.25) is 5.02 Å². The third-order valence-electron chi connectivity index (χ3n) is 3.69. The number of halogens is 1. The van der Waals surface area contributed by atoms with Gasteiger partial charge in [0.2, 0.25) is 5.91 Å². The zero-order valence-electron chi connectivity index (χ0n) is 14.2. The fraction of sp³-hybridized carbons (Fsp3) is 0.222. The Labute approximate surface area is 154 Å². The van der Waals surface area contributed by atoms with Crippen LogP contribution in [0.1, 0.15) is 34.7 Å². The molecular formula is C18H16ClN3O4. The van der Waals surface area contributed by atoms with Gasteiger partial charge >= 0.3 is 6.01 Å². The van der Waals surface area contributed by atoms with Crippen molar-refractivity contribution >= 4 is 29.3 Å². The molecule has 8 heteroatoms. The van der Waals surface area contributed by atoms with Gasteiger partial charge in [0.25, 0.3) is 5.89 Å². The van der Waals surface area contributed by atoms with Gasteiger partial charge in [-0.3, -0.25) is 14.9 Å². The highest BCUT2D eigenvalue weighted by atomic mass is 35.5. The van der Waals surface area contributed by atoms with E-state index in [1.165, 1.54) is 0 Å². The summed E-state index contributed by atoms with van der Waals surface area (Å²) in [7, 11) is 0. The highest BCUT2D eigenvalue weighted by Crippen LogP contribution is 2.26. The number of nitrogens with zero attached hydrogens (tertiary/aromatic N) is 2. The Hall–Kier alpha value is -2.93. The van der Waals surface area contributed by atoms with Crippen LogP contribution < -0.4 is 5.32 Å². The number of ketones is 1. The zero-order chi connectivity index (χ0) is 18.7. The van der Waals surface area contributed by atoms with Gasteiger partial charge in [0.15, 0.2) is 5.78 Å². The smallest absolute Gasteiger partial charge is 0.322 e. The number of anilines is 1. The number of furan rings is 1. The molecule has 0 aliphatic carbocycles. The molecule has 3 rings (SSSR count). The van der Waals surface area contributed by atoms with Gasteiger partial charge in [-0.25, -0.2) is 0 Å². The first kappa shape index (κ1) is 17.9. The van der Waals surface area contributed by atoms with Crippen LogP contribution in [0, 0.1) is 13.8 Å². The van der Waals surface area contributed by atoms with E-state index in [-0.39, 0.29) is 36.4 Å². The van der Waals surface area contributed by atoms with Crippen molar-refractivity contribution < 1.29 is 18.4 Å². The number of Topliss-reactive ketones (excluding diaryl/α,β-unsaturated/α-hetero) is 1. The second-order valence-corrected chi connectivity index (χ2v) is 6.15. The summed E-state index contributed by atoms with van der Waals surface area (Å²) in [6.45, 7) is 3.60. The number of carbonyl (C=O) groups excluding carboxylic acids is 2. The molecule has 26 heavy (non-hydrogen) atoms. The minimum absolute atomic E-state index is 0.00300. The van der Waals surface area contributed by atoms with Crippen molar-refractivity contribution in [3.8, 4) is 11.5 Å². The molecule has 1 N–H and O–H groups in total.